The van der Waals surface area contributed by atoms with E-state index in [4.69, 9.17) is 0 Å². The number of halogens is 1. The highest BCUT2D eigenvalue weighted by molar-refractivity contribution is 14.1. The summed E-state index contributed by atoms with van der Waals surface area (Å²) in [5, 5.41) is 0. The first-order valence-corrected chi connectivity index (χ1v) is 5.43. The molecule has 1 heteroatoms. The summed E-state index contributed by atoms with van der Waals surface area (Å²) < 4.78 is 1.34. The van der Waals surface area contributed by atoms with E-state index in [1.807, 2.05) is 0 Å². The average molecular weight is 240 g/mol. The van der Waals surface area contributed by atoms with Gasteiger partial charge in [0.2, 0.25) is 0 Å². The van der Waals surface area contributed by atoms with Crippen LogP contribution in [0.5, 0.6) is 0 Å². The van der Waals surface area contributed by atoms with Gasteiger partial charge in [0.05, 0.1) is 0 Å². The van der Waals surface area contributed by atoms with Gasteiger partial charge >= 0.3 is 0 Å². The zero-order valence-corrected chi connectivity index (χ0v) is 8.65. The van der Waals surface area contributed by atoms with Crippen LogP contribution in [0.25, 0.3) is 0 Å². The number of unbranched alkanes of at least 4 members (excludes halogenated alkanes) is 1. The first-order chi connectivity index (χ1) is 4.35. The monoisotopic (exact) mass is 240 g/mol. The van der Waals surface area contributed by atoms with Gasteiger partial charge in [0.15, 0.2) is 0 Å². The number of rotatable bonds is 5. The lowest BCUT2D eigenvalue weighted by Gasteiger charge is -2.08. The van der Waals surface area contributed by atoms with Crippen molar-refractivity contribution in [2.45, 2.75) is 39.5 Å². The smallest absolute Gasteiger partial charge is 0.00236 e. The molecule has 0 N–H and O–H groups in total. The fourth-order valence-electron chi connectivity index (χ4n) is 0.883. The lowest BCUT2D eigenvalue weighted by Crippen LogP contribution is -1.98. The van der Waals surface area contributed by atoms with Crippen LogP contribution >= 0.6 is 22.6 Å². The van der Waals surface area contributed by atoms with E-state index in [2.05, 4.69) is 36.4 Å². The van der Waals surface area contributed by atoms with E-state index in [1.165, 1.54) is 30.1 Å². The average Bonchev–Trinajstić information content (AvgIpc) is 1.91. The third-order valence-electron chi connectivity index (χ3n) is 1.76. The van der Waals surface area contributed by atoms with Gasteiger partial charge in [-0.3, -0.25) is 0 Å². The minimum Gasteiger partial charge on any atom is -0.0861 e. The molecule has 0 amide bonds. The second kappa shape index (κ2) is 6.84. The molecule has 0 aromatic rings. The van der Waals surface area contributed by atoms with Crippen LogP contribution in [-0.2, 0) is 0 Å². The Labute approximate surface area is 72.6 Å². The maximum atomic E-state index is 2.49. The third kappa shape index (κ3) is 5.19. The summed E-state index contributed by atoms with van der Waals surface area (Å²) in [7, 11) is 0. The Kier molecular flexibility index (Phi) is 7.40. The molecule has 0 aliphatic rings. The highest BCUT2D eigenvalue weighted by Crippen LogP contribution is 2.14. The topological polar surface area (TPSA) is 0 Å². The van der Waals surface area contributed by atoms with Crippen molar-refractivity contribution in [3.63, 3.8) is 0 Å². The second-order valence-corrected chi connectivity index (χ2v) is 3.45. The van der Waals surface area contributed by atoms with Gasteiger partial charge < -0.3 is 0 Å². The zero-order valence-electron chi connectivity index (χ0n) is 6.49. The van der Waals surface area contributed by atoms with Crippen LogP contribution in [0.2, 0.25) is 0 Å². The van der Waals surface area contributed by atoms with Gasteiger partial charge in [-0.05, 0) is 12.3 Å². The van der Waals surface area contributed by atoms with Gasteiger partial charge in [-0.1, -0.05) is 55.7 Å². The van der Waals surface area contributed by atoms with Crippen molar-refractivity contribution in [3.05, 3.63) is 0 Å². The van der Waals surface area contributed by atoms with Crippen LogP contribution < -0.4 is 0 Å². The maximum absolute atomic E-state index is 2.49. The van der Waals surface area contributed by atoms with E-state index in [1.54, 1.807) is 0 Å². The van der Waals surface area contributed by atoms with Crippen molar-refractivity contribution in [1.29, 1.82) is 0 Å². The highest BCUT2D eigenvalue weighted by Gasteiger charge is 2.01. The van der Waals surface area contributed by atoms with Gasteiger partial charge in [0.25, 0.3) is 0 Å². The minimum atomic E-state index is 0.991. The van der Waals surface area contributed by atoms with Crippen molar-refractivity contribution < 1.29 is 0 Å². The summed E-state index contributed by atoms with van der Waals surface area (Å²) in [5.41, 5.74) is 0. The van der Waals surface area contributed by atoms with Gasteiger partial charge in [-0.2, -0.15) is 0 Å². The molecule has 0 nitrogen and oxygen atoms in total. The molecule has 0 aliphatic heterocycles. The van der Waals surface area contributed by atoms with Crippen LogP contribution in [-0.4, -0.2) is 4.43 Å². The Morgan fingerprint density at radius 2 is 2.00 bits per heavy atom. The summed E-state index contributed by atoms with van der Waals surface area (Å²) in [5.74, 6) is 0.991. The first kappa shape index (κ1) is 9.73. The fourth-order valence-corrected chi connectivity index (χ4v) is 1.95. The predicted molar refractivity (Wildman–Crippen MR) is 52.2 cm³/mol. The van der Waals surface area contributed by atoms with Crippen LogP contribution in [0.4, 0.5) is 0 Å². The fraction of sp³-hybridized carbons (Fsp3) is 1.00. The molecule has 0 saturated heterocycles. The SMILES string of the molecule is CCCC[C@@H](CC)CI. The van der Waals surface area contributed by atoms with Gasteiger partial charge in [-0.25, -0.2) is 0 Å². The molecule has 0 aliphatic carbocycles. The molecular weight excluding hydrogens is 223 g/mol. The van der Waals surface area contributed by atoms with E-state index in [9.17, 15) is 0 Å². The molecule has 0 heterocycles. The Morgan fingerprint density at radius 1 is 1.33 bits per heavy atom. The van der Waals surface area contributed by atoms with Gasteiger partial charge in [0, 0.05) is 4.43 Å². The van der Waals surface area contributed by atoms with Crippen LogP contribution in [0.15, 0.2) is 0 Å². The first-order valence-electron chi connectivity index (χ1n) is 3.91. The number of hydrogen-bond acceptors (Lipinski definition) is 0. The van der Waals surface area contributed by atoms with E-state index >= 15 is 0 Å². The van der Waals surface area contributed by atoms with Crippen molar-refractivity contribution in [3.8, 4) is 0 Å². The maximum Gasteiger partial charge on any atom is 0.00236 e. The number of hydrogen-bond donors (Lipinski definition) is 0. The van der Waals surface area contributed by atoms with Crippen LogP contribution in [0.3, 0.4) is 0 Å². The summed E-state index contributed by atoms with van der Waals surface area (Å²) >= 11 is 2.49. The van der Waals surface area contributed by atoms with E-state index in [0.29, 0.717) is 0 Å². The third-order valence-corrected chi connectivity index (χ3v) is 3.01. The lowest BCUT2D eigenvalue weighted by molar-refractivity contribution is 0.505. The summed E-state index contributed by atoms with van der Waals surface area (Å²) in [6.07, 6.45) is 5.58. The van der Waals surface area contributed by atoms with Crippen molar-refractivity contribution in [2.75, 3.05) is 4.43 Å². The summed E-state index contributed by atoms with van der Waals surface area (Å²) in [6.45, 7) is 4.55. The molecule has 0 spiro atoms. The molecule has 0 bridgehead atoms. The quantitative estimate of drug-likeness (QED) is 0.508. The number of alkyl halides is 1. The molecule has 0 aromatic heterocycles. The molecule has 0 unspecified atom stereocenters. The van der Waals surface area contributed by atoms with Crippen molar-refractivity contribution in [2.24, 2.45) is 5.92 Å². The van der Waals surface area contributed by atoms with Crippen LogP contribution in [0, 0.1) is 5.92 Å². The summed E-state index contributed by atoms with van der Waals surface area (Å²) in [6, 6.07) is 0. The van der Waals surface area contributed by atoms with Gasteiger partial charge in [-0.15, -0.1) is 0 Å². The lowest BCUT2D eigenvalue weighted by atomic mass is 10.0. The zero-order chi connectivity index (χ0) is 7.11. The Bertz CT molecular complexity index is 48.5. The minimum absolute atomic E-state index is 0.991. The molecule has 0 aromatic carbocycles. The van der Waals surface area contributed by atoms with Gasteiger partial charge in [0.1, 0.15) is 0 Å². The molecule has 56 valence electrons. The highest BCUT2D eigenvalue weighted by atomic mass is 127. The standard InChI is InChI=1S/C8H17I/c1-3-5-6-8(4-2)7-9/h8H,3-7H2,1-2H3/t8-/m1/s1. The molecule has 1 atom stereocenters. The molecule has 0 saturated carbocycles. The van der Waals surface area contributed by atoms with Crippen molar-refractivity contribution >= 4 is 22.6 Å². The Hall–Kier alpha value is 0.730. The molecule has 9 heavy (non-hydrogen) atoms. The molecule has 0 rings (SSSR count). The largest absolute Gasteiger partial charge is 0.0861 e. The Morgan fingerprint density at radius 3 is 2.33 bits per heavy atom. The second-order valence-electron chi connectivity index (χ2n) is 2.57. The Balaban J connectivity index is 3.09. The predicted octanol–water partition coefficient (Wildman–Crippen LogP) is 3.64. The van der Waals surface area contributed by atoms with E-state index in [-0.39, 0.29) is 0 Å². The van der Waals surface area contributed by atoms with Crippen LogP contribution in [0.1, 0.15) is 39.5 Å². The normalized spacial score (nSPS) is 13.7. The molecular formula is C8H17I. The molecule has 0 radical (unpaired) electrons. The van der Waals surface area contributed by atoms with E-state index in [0.717, 1.165) is 5.92 Å². The van der Waals surface area contributed by atoms with Crippen molar-refractivity contribution in [1.82, 2.24) is 0 Å². The summed E-state index contributed by atoms with van der Waals surface area (Å²) in [4.78, 5) is 0. The van der Waals surface area contributed by atoms with E-state index < -0.39 is 0 Å². The molecule has 0 fully saturated rings.